The highest BCUT2D eigenvalue weighted by Gasteiger charge is 2.14. The maximum atomic E-state index is 11.5. The lowest BCUT2D eigenvalue weighted by molar-refractivity contribution is 0.185. The fourth-order valence-electron chi connectivity index (χ4n) is 1.93. The van der Waals surface area contributed by atoms with Crippen LogP contribution in [-0.4, -0.2) is 36.1 Å². The maximum Gasteiger partial charge on any atom is 0.267 e. The molecule has 17 heavy (non-hydrogen) atoms. The van der Waals surface area contributed by atoms with Gasteiger partial charge in [-0.15, -0.1) is 0 Å². The SMILES string of the molecule is Cc1cnn(CCNCC2CCOC2)c(=O)c1. The summed E-state index contributed by atoms with van der Waals surface area (Å²) in [5.41, 5.74) is 0.873. The number of hydrogen-bond donors (Lipinski definition) is 1. The molecule has 1 aromatic rings. The Morgan fingerprint density at radius 1 is 1.65 bits per heavy atom. The van der Waals surface area contributed by atoms with Gasteiger partial charge in [-0.2, -0.15) is 5.10 Å². The summed E-state index contributed by atoms with van der Waals surface area (Å²) in [6.45, 7) is 5.96. The lowest BCUT2D eigenvalue weighted by Crippen LogP contribution is -2.31. The van der Waals surface area contributed by atoms with Gasteiger partial charge in [-0.25, -0.2) is 4.68 Å². The Balaban J connectivity index is 1.72. The highest BCUT2D eigenvalue weighted by Crippen LogP contribution is 2.10. The van der Waals surface area contributed by atoms with Crippen LogP contribution < -0.4 is 10.9 Å². The summed E-state index contributed by atoms with van der Waals surface area (Å²) in [5, 5.41) is 7.42. The molecule has 1 aromatic heterocycles. The van der Waals surface area contributed by atoms with Gasteiger partial charge in [0, 0.05) is 25.8 Å². The van der Waals surface area contributed by atoms with E-state index in [4.69, 9.17) is 4.74 Å². The van der Waals surface area contributed by atoms with Gasteiger partial charge in [-0.1, -0.05) is 0 Å². The van der Waals surface area contributed by atoms with Gasteiger partial charge >= 0.3 is 0 Å². The summed E-state index contributed by atoms with van der Waals surface area (Å²) >= 11 is 0. The Morgan fingerprint density at radius 3 is 3.24 bits per heavy atom. The van der Waals surface area contributed by atoms with E-state index in [1.54, 1.807) is 12.3 Å². The van der Waals surface area contributed by atoms with E-state index >= 15 is 0 Å². The number of aryl methyl sites for hydroxylation is 1. The van der Waals surface area contributed by atoms with Crippen LogP contribution in [0.15, 0.2) is 17.1 Å². The maximum absolute atomic E-state index is 11.5. The molecule has 0 amide bonds. The minimum absolute atomic E-state index is 0.0315. The highest BCUT2D eigenvalue weighted by molar-refractivity contribution is 5.02. The Bertz CT molecular complexity index is 410. The standard InChI is InChI=1S/C12H19N3O2/c1-10-6-12(16)15(14-7-10)4-3-13-8-11-2-5-17-9-11/h6-7,11,13H,2-5,8-9H2,1H3. The van der Waals surface area contributed by atoms with Gasteiger partial charge in [0.15, 0.2) is 0 Å². The predicted molar refractivity (Wildman–Crippen MR) is 65.0 cm³/mol. The zero-order valence-electron chi connectivity index (χ0n) is 10.2. The van der Waals surface area contributed by atoms with Crippen LogP contribution in [0.5, 0.6) is 0 Å². The molecular formula is C12H19N3O2. The normalized spacial score (nSPS) is 19.7. The van der Waals surface area contributed by atoms with E-state index in [9.17, 15) is 4.79 Å². The molecule has 1 fully saturated rings. The minimum Gasteiger partial charge on any atom is -0.381 e. The molecule has 1 aliphatic heterocycles. The Hall–Kier alpha value is -1.20. The molecule has 94 valence electrons. The molecule has 0 radical (unpaired) electrons. The van der Waals surface area contributed by atoms with Crippen LogP contribution in [-0.2, 0) is 11.3 Å². The summed E-state index contributed by atoms with van der Waals surface area (Å²) < 4.78 is 6.79. The van der Waals surface area contributed by atoms with Crippen LogP contribution in [0.4, 0.5) is 0 Å². The lowest BCUT2D eigenvalue weighted by atomic mass is 10.1. The molecule has 1 aliphatic rings. The van der Waals surface area contributed by atoms with Gasteiger partial charge in [0.25, 0.3) is 5.56 Å². The third-order valence-electron chi connectivity index (χ3n) is 2.96. The molecule has 2 heterocycles. The van der Waals surface area contributed by atoms with Gasteiger partial charge < -0.3 is 10.1 Å². The van der Waals surface area contributed by atoms with Gasteiger partial charge in [0.2, 0.25) is 0 Å². The van der Waals surface area contributed by atoms with Crippen LogP contribution in [0.25, 0.3) is 0 Å². The number of aromatic nitrogens is 2. The van der Waals surface area contributed by atoms with E-state index in [-0.39, 0.29) is 5.56 Å². The fourth-order valence-corrected chi connectivity index (χ4v) is 1.93. The van der Waals surface area contributed by atoms with Crippen molar-refractivity contribution in [2.75, 3.05) is 26.3 Å². The lowest BCUT2D eigenvalue weighted by Gasteiger charge is -2.09. The van der Waals surface area contributed by atoms with Crippen molar-refractivity contribution < 1.29 is 4.74 Å². The first-order valence-electron chi connectivity index (χ1n) is 6.08. The van der Waals surface area contributed by atoms with E-state index in [0.29, 0.717) is 12.5 Å². The van der Waals surface area contributed by atoms with E-state index in [2.05, 4.69) is 10.4 Å². The summed E-state index contributed by atoms with van der Waals surface area (Å²) in [6, 6.07) is 1.61. The van der Waals surface area contributed by atoms with Crippen molar-refractivity contribution >= 4 is 0 Å². The third kappa shape index (κ3) is 3.64. The molecule has 0 aromatic carbocycles. The van der Waals surface area contributed by atoms with Crippen LogP contribution >= 0.6 is 0 Å². The topological polar surface area (TPSA) is 56.1 Å². The smallest absolute Gasteiger partial charge is 0.267 e. The minimum atomic E-state index is -0.0315. The fraction of sp³-hybridized carbons (Fsp3) is 0.667. The van der Waals surface area contributed by atoms with Gasteiger partial charge in [-0.05, 0) is 24.8 Å². The monoisotopic (exact) mass is 237 g/mol. The van der Waals surface area contributed by atoms with Crippen LogP contribution in [0.2, 0.25) is 0 Å². The second-order valence-electron chi connectivity index (χ2n) is 4.53. The molecule has 0 saturated carbocycles. The Morgan fingerprint density at radius 2 is 2.53 bits per heavy atom. The number of ether oxygens (including phenoxy) is 1. The van der Waals surface area contributed by atoms with Gasteiger partial charge in [0.1, 0.15) is 0 Å². The van der Waals surface area contributed by atoms with Crippen LogP contribution in [0.1, 0.15) is 12.0 Å². The van der Waals surface area contributed by atoms with Crippen molar-refractivity contribution in [3.8, 4) is 0 Å². The quantitative estimate of drug-likeness (QED) is 0.742. The van der Waals surface area contributed by atoms with E-state index in [0.717, 1.165) is 38.3 Å². The molecule has 0 bridgehead atoms. The van der Waals surface area contributed by atoms with Crippen molar-refractivity contribution in [1.82, 2.24) is 15.1 Å². The number of hydrogen-bond acceptors (Lipinski definition) is 4. The van der Waals surface area contributed by atoms with Crippen LogP contribution in [0.3, 0.4) is 0 Å². The largest absolute Gasteiger partial charge is 0.381 e. The average molecular weight is 237 g/mol. The van der Waals surface area contributed by atoms with Crippen molar-refractivity contribution in [3.63, 3.8) is 0 Å². The Labute approximate surface area is 101 Å². The second kappa shape index (κ2) is 5.93. The molecule has 2 rings (SSSR count). The van der Waals surface area contributed by atoms with Crippen LogP contribution in [0, 0.1) is 12.8 Å². The van der Waals surface area contributed by atoms with Crippen molar-refractivity contribution in [1.29, 1.82) is 0 Å². The molecule has 1 unspecified atom stereocenters. The van der Waals surface area contributed by atoms with E-state index in [1.807, 2.05) is 6.92 Å². The number of nitrogens with zero attached hydrogens (tertiary/aromatic N) is 2. The van der Waals surface area contributed by atoms with Crippen molar-refractivity contribution in [3.05, 3.63) is 28.2 Å². The van der Waals surface area contributed by atoms with E-state index in [1.165, 1.54) is 4.68 Å². The highest BCUT2D eigenvalue weighted by atomic mass is 16.5. The average Bonchev–Trinajstić information content (AvgIpc) is 2.79. The summed E-state index contributed by atoms with van der Waals surface area (Å²) in [4.78, 5) is 11.5. The molecule has 0 spiro atoms. The summed E-state index contributed by atoms with van der Waals surface area (Å²) in [5.74, 6) is 0.623. The first-order valence-corrected chi connectivity index (χ1v) is 6.08. The van der Waals surface area contributed by atoms with Gasteiger partial charge in [0.05, 0.1) is 19.3 Å². The van der Waals surface area contributed by atoms with Crippen molar-refractivity contribution in [2.24, 2.45) is 5.92 Å². The first kappa shape index (κ1) is 12.3. The molecule has 1 atom stereocenters. The number of nitrogens with one attached hydrogen (secondary N) is 1. The molecule has 5 heteroatoms. The zero-order valence-corrected chi connectivity index (χ0v) is 10.2. The van der Waals surface area contributed by atoms with E-state index < -0.39 is 0 Å². The Kier molecular flexibility index (Phi) is 4.28. The number of rotatable bonds is 5. The summed E-state index contributed by atoms with van der Waals surface area (Å²) in [7, 11) is 0. The second-order valence-corrected chi connectivity index (χ2v) is 4.53. The molecule has 1 N–H and O–H groups in total. The predicted octanol–water partition coefficient (Wildman–Crippen LogP) is 0.178. The first-order chi connectivity index (χ1) is 8.25. The zero-order chi connectivity index (χ0) is 12.1. The van der Waals surface area contributed by atoms with Gasteiger partial charge in [-0.3, -0.25) is 4.79 Å². The molecule has 1 saturated heterocycles. The third-order valence-corrected chi connectivity index (χ3v) is 2.96. The molecule has 5 nitrogen and oxygen atoms in total. The molecule has 0 aliphatic carbocycles. The van der Waals surface area contributed by atoms with Crippen molar-refractivity contribution in [2.45, 2.75) is 19.9 Å². The summed E-state index contributed by atoms with van der Waals surface area (Å²) in [6.07, 6.45) is 2.85. The molecular weight excluding hydrogens is 218 g/mol.